The van der Waals surface area contributed by atoms with Gasteiger partial charge < -0.3 is 16.0 Å². The van der Waals surface area contributed by atoms with E-state index in [0.29, 0.717) is 29.8 Å². The molecule has 0 fully saturated rings. The molecule has 1 aromatic heterocycles. The Kier molecular flexibility index (Phi) is 4.41. The number of rotatable bonds is 5. The molecule has 130 valence electrons. The van der Waals surface area contributed by atoms with Gasteiger partial charge in [-0.25, -0.2) is 4.98 Å². The molecule has 0 radical (unpaired) electrons. The number of benzene rings is 2. The summed E-state index contributed by atoms with van der Waals surface area (Å²) < 4.78 is 0. The van der Waals surface area contributed by atoms with E-state index in [1.54, 1.807) is 6.20 Å². The first-order valence-corrected chi connectivity index (χ1v) is 8.55. The van der Waals surface area contributed by atoms with Gasteiger partial charge in [0.15, 0.2) is 5.82 Å². The number of nitrogens with one attached hydrogen (secondary N) is 3. The second-order valence-electron chi connectivity index (χ2n) is 5.95. The third-order valence-electron chi connectivity index (χ3n) is 4.03. The van der Waals surface area contributed by atoms with Crippen LogP contribution in [0.4, 0.5) is 23.1 Å². The number of carbonyl (C=O) groups is 1. The maximum Gasteiger partial charge on any atom is 0.229 e. The molecule has 3 aromatic rings. The summed E-state index contributed by atoms with van der Waals surface area (Å²) in [4.78, 5) is 20.1. The lowest BCUT2D eigenvalue weighted by Gasteiger charge is -2.11. The molecule has 0 saturated heterocycles. The molecule has 0 aliphatic carbocycles. The Labute approximate surface area is 155 Å². The largest absolute Gasteiger partial charge is 0.365 e. The molecule has 1 aliphatic rings. The maximum absolute atomic E-state index is 11.5. The van der Waals surface area contributed by atoms with Gasteiger partial charge in [0.25, 0.3) is 0 Å². The van der Waals surface area contributed by atoms with Crippen molar-refractivity contribution in [3.63, 3.8) is 0 Å². The van der Waals surface area contributed by atoms with Crippen molar-refractivity contribution in [3.05, 3.63) is 70.9 Å². The fraction of sp³-hybridized carbons (Fsp3) is 0.105. The van der Waals surface area contributed by atoms with Gasteiger partial charge in [-0.3, -0.25) is 4.79 Å². The standard InChI is InChI=1S/C19H16ClN5O/c20-15-11-22-19(25-18(15)21-10-12-4-2-1-3-5-12)23-14-6-7-16-13(8-14)9-17(26)24-16/h1-8,11H,9-10H2,(H,24,26)(H2,21,22,23,25). The van der Waals surface area contributed by atoms with Crippen molar-refractivity contribution in [2.45, 2.75) is 13.0 Å². The summed E-state index contributed by atoms with van der Waals surface area (Å²) in [7, 11) is 0. The summed E-state index contributed by atoms with van der Waals surface area (Å²) in [6.07, 6.45) is 1.94. The highest BCUT2D eigenvalue weighted by Crippen LogP contribution is 2.28. The molecule has 26 heavy (non-hydrogen) atoms. The van der Waals surface area contributed by atoms with Crippen LogP contribution in [-0.2, 0) is 17.8 Å². The van der Waals surface area contributed by atoms with Crippen LogP contribution in [0.3, 0.4) is 0 Å². The lowest BCUT2D eigenvalue weighted by Crippen LogP contribution is -2.05. The smallest absolute Gasteiger partial charge is 0.229 e. The Balaban J connectivity index is 1.49. The minimum Gasteiger partial charge on any atom is -0.365 e. The molecule has 2 aromatic carbocycles. The van der Waals surface area contributed by atoms with Crippen LogP contribution in [0.25, 0.3) is 0 Å². The van der Waals surface area contributed by atoms with Gasteiger partial charge in [0.2, 0.25) is 11.9 Å². The Hall–Kier alpha value is -3.12. The summed E-state index contributed by atoms with van der Waals surface area (Å²) in [5.41, 5.74) is 3.75. The molecule has 0 spiro atoms. The highest BCUT2D eigenvalue weighted by molar-refractivity contribution is 6.32. The van der Waals surface area contributed by atoms with Gasteiger partial charge in [0.1, 0.15) is 5.02 Å². The fourth-order valence-corrected chi connectivity index (χ4v) is 2.93. The van der Waals surface area contributed by atoms with Crippen molar-refractivity contribution in [1.82, 2.24) is 9.97 Å². The highest BCUT2D eigenvalue weighted by Gasteiger charge is 2.17. The molecule has 0 bridgehead atoms. The third kappa shape index (κ3) is 3.60. The molecule has 3 N–H and O–H groups in total. The van der Waals surface area contributed by atoms with Crippen LogP contribution in [0.1, 0.15) is 11.1 Å². The van der Waals surface area contributed by atoms with Crippen LogP contribution in [0, 0.1) is 0 Å². The van der Waals surface area contributed by atoms with Gasteiger partial charge in [0, 0.05) is 17.9 Å². The zero-order valence-corrected chi connectivity index (χ0v) is 14.5. The van der Waals surface area contributed by atoms with E-state index in [1.165, 1.54) is 0 Å². The molecule has 0 saturated carbocycles. The van der Waals surface area contributed by atoms with Gasteiger partial charge >= 0.3 is 0 Å². The average molecular weight is 366 g/mol. The number of amides is 1. The second-order valence-corrected chi connectivity index (χ2v) is 6.36. The fourth-order valence-electron chi connectivity index (χ4n) is 2.77. The number of anilines is 4. The first-order chi connectivity index (χ1) is 12.7. The number of carbonyl (C=O) groups excluding carboxylic acids is 1. The number of hydrogen-bond donors (Lipinski definition) is 3. The molecule has 4 rings (SSSR count). The zero-order valence-electron chi connectivity index (χ0n) is 13.8. The van der Waals surface area contributed by atoms with Crippen LogP contribution in [0.2, 0.25) is 5.02 Å². The minimum atomic E-state index is 0.00675. The molecule has 2 heterocycles. The number of hydrogen-bond acceptors (Lipinski definition) is 5. The van der Waals surface area contributed by atoms with Crippen LogP contribution < -0.4 is 16.0 Å². The molecular weight excluding hydrogens is 350 g/mol. The Morgan fingerprint density at radius 2 is 2.00 bits per heavy atom. The molecule has 0 unspecified atom stereocenters. The molecular formula is C19H16ClN5O. The zero-order chi connectivity index (χ0) is 17.9. The summed E-state index contributed by atoms with van der Waals surface area (Å²) in [6, 6.07) is 15.7. The lowest BCUT2D eigenvalue weighted by molar-refractivity contribution is -0.115. The predicted octanol–water partition coefficient (Wildman–Crippen LogP) is 3.98. The Bertz CT molecular complexity index is 961. The van der Waals surface area contributed by atoms with E-state index < -0.39 is 0 Å². The van der Waals surface area contributed by atoms with Gasteiger partial charge in [-0.1, -0.05) is 41.9 Å². The highest BCUT2D eigenvalue weighted by atomic mass is 35.5. The van der Waals surface area contributed by atoms with Gasteiger partial charge in [-0.15, -0.1) is 0 Å². The van der Waals surface area contributed by atoms with E-state index >= 15 is 0 Å². The SMILES string of the molecule is O=C1Cc2cc(Nc3ncc(Cl)c(NCc4ccccc4)n3)ccc2N1. The van der Waals surface area contributed by atoms with Crippen molar-refractivity contribution >= 4 is 40.6 Å². The van der Waals surface area contributed by atoms with Gasteiger partial charge in [0.05, 0.1) is 12.6 Å². The Morgan fingerprint density at radius 3 is 2.85 bits per heavy atom. The normalized spacial score (nSPS) is 12.4. The van der Waals surface area contributed by atoms with Gasteiger partial charge in [-0.2, -0.15) is 4.98 Å². The summed E-state index contributed by atoms with van der Waals surface area (Å²) >= 11 is 6.20. The van der Waals surface area contributed by atoms with Crippen LogP contribution in [-0.4, -0.2) is 15.9 Å². The third-order valence-corrected chi connectivity index (χ3v) is 4.31. The van der Waals surface area contributed by atoms with E-state index in [1.807, 2.05) is 48.5 Å². The van der Waals surface area contributed by atoms with Crippen molar-refractivity contribution in [2.24, 2.45) is 0 Å². The van der Waals surface area contributed by atoms with Crippen molar-refractivity contribution in [2.75, 3.05) is 16.0 Å². The van der Waals surface area contributed by atoms with Crippen LogP contribution in [0.15, 0.2) is 54.7 Å². The lowest BCUT2D eigenvalue weighted by atomic mass is 10.1. The van der Waals surface area contributed by atoms with E-state index in [9.17, 15) is 4.79 Å². The minimum absolute atomic E-state index is 0.00675. The van der Waals surface area contributed by atoms with Crippen LogP contribution >= 0.6 is 11.6 Å². The summed E-state index contributed by atoms with van der Waals surface area (Å²) in [5.74, 6) is 1.00. The molecule has 0 atom stereocenters. The van der Waals surface area contributed by atoms with E-state index in [4.69, 9.17) is 11.6 Å². The number of halogens is 1. The molecule has 1 amide bonds. The topological polar surface area (TPSA) is 78.9 Å². The number of fused-ring (bicyclic) bond motifs is 1. The van der Waals surface area contributed by atoms with Crippen molar-refractivity contribution in [1.29, 1.82) is 0 Å². The number of nitrogens with zero attached hydrogens (tertiary/aromatic N) is 2. The monoisotopic (exact) mass is 365 g/mol. The van der Waals surface area contributed by atoms with E-state index in [0.717, 1.165) is 22.5 Å². The van der Waals surface area contributed by atoms with E-state index in [2.05, 4.69) is 25.9 Å². The first-order valence-electron chi connectivity index (χ1n) is 8.17. The molecule has 7 heteroatoms. The van der Waals surface area contributed by atoms with Crippen molar-refractivity contribution < 1.29 is 4.79 Å². The molecule has 6 nitrogen and oxygen atoms in total. The Morgan fingerprint density at radius 1 is 1.15 bits per heavy atom. The predicted molar refractivity (Wildman–Crippen MR) is 103 cm³/mol. The molecule has 1 aliphatic heterocycles. The van der Waals surface area contributed by atoms with Crippen LogP contribution in [0.5, 0.6) is 0 Å². The first kappa shape index (κ1) is 16.4. The summed E-state index contributed by atoms with van der Waals surface area (Å²) in [6.45, 7) is 0.615. The quantitative estimate of drug-likeness (QED) is 0.637. The van der Waals surface area contributed by atoms with E-state index in [-0.39, 0.29) is 5.91 Å². The number of aromatic nitrogens is 2. The van der Waals surface area contributed by atoms with Gasteiger partial charge in [-0.05, 0) is 29.3 Å². The maximum atomic E-state index is 11.5. The summed E-state index contributed by atoms with van der Waals surface area (Å²) in [5, 5.41) is 9.65. The van der Waals surface area contributed by atoms with Crippen molar-refractivity contribution in [3.8, 4) is 0 Å². The second kappa shape index (κ2) is 7.01. The average Bonchev–Trinajstić information content (AvgIpc) is 3.02.